The molecule has 0 aromatic heterocycles. The smallest absolute Gasteiger partial charge is 0.329 e. The molecule has 2 rings (SSSR count). The number of carbonyl (C=O) groups excluding carboxylic acids is 1. The number of hydrogen-bond donors (Lipinski definition) is 3. The molecule has 21 heavy (non-hydrogen) atoms. The number of rotatable bonds is 4. The van der Waals surface area contributed by atoms with Gasteiger partial charge in [0, 0.05) is 0 Å². The second-order valence-corrected chi connectivity index (χ2v) is 5.47. The van der Waals surface area contributed by atoms with Gasteiger partial charge in [-0.25, -0.2) is 14.0 Å². The molecule has 0 saturated heterocycles. The number of aliphatic carboxylic acids is 1. The molecule has 1 fully saturated rings. The number of nitrogens with one attached hydrogen (secondary N) is 2. The van der Waals surface area contributed by atoms with Gasteiger partial charge in [-0.2, -0.15) is 0 Å². The molecule has 2 amide bonds. The van der Waals surface area contributed by atoms with Gasteiger partial charge in [0.1, 0.15) is 11.4 Å². The van der Waals surface area contributed by atoms with E-state index in [1.54, 1.807) is 19.1 Å². The highest BCUT2D eigenvalue weighted by Gasteiger charge is 2.42. The number of halogens is 1. The molecular weight excluding hydrogens is 275 g/mol. The fourth-order valence-electron chi connectivity index (χ4n) is 2.68. The molecule has 1 aliphatic rings. The van der Waals surface area contributed by atoms with E-state index in [-0.39, 0.29) is 5.82 Å². The third kappa shape index (κ3) is 3.51. The van der Waals surface area contributed by atoms with E-state index in [9.17, 15) is 19.1 Å². The monoisotopic (exact) mass is 294 g/mol. The Morgan fingerprint density at radius 3 is 2.57 bits per heavy atom. The van der Waals surface area contributed by atoms with Crippen LogP contribution in [-0.2, 0) is 4.79 Å². The standard InChI is InChI=1S/C15H19FN2O3/c1-10(11-5-4-6-12(16)9-11)17-14(21)18-15(13(19)20)7-2-3-8-15/h4-6,9-10H,2-3,7-8H2,1H3,(H,19,20)(H2,17,18,21). The van der Waals surface area contributed by atoms with E-state index in [1.807, 2.05) is 0 Å². The van der Waals surface area contributed by atoms with Crippen LogP contribution >= 0.6 is 0 Å². The zero-order valence-corrected chi connectivity index (χ0v) is 11.9. The van der Waals surface area contributed by atoms with Gasteiger partial charge in [-0.15, -0.1) is 0 Å². The van der Waals surface area contributed by atoms with Crippen molar-refractivity contribution in [1.82, 2.24) is 10.6 Å². The average molecular weight is 294 g/mol. The molecule has 0 radical (unpaired) electrons. The van der Waals surface area contributed by atoms with E-state index < -0.39 is 23.6 Å². The minimum atomic E-state index is -1.17. The molecule has 1 aliphatic carbocycles. The second-order valence-electron chi connectivity index (χ2n) is 5.47. The molecule has 1 saturated carbocycles. The summed E-state index contributed by atoms with van der Waals surface area (Å²) in [7, 11) is 0. The van der Waals surface area contributed by atoms with Gasteiger partial charge in [-0.05, 0) is 37.5 Å². The van der Waals surface area contributed by atoms with Gasteiger partial charge < -0.3 is 15.7 Å². The third-order valence-electron chi connectivity index (χ3n) is 3.92. The van der Waals surface area contributed by atoms with Crippen molar-refractivity contribution in [3.8, 4) is 0 Å². The van der Waals surface area contributed by atoms with Crippen LogP contribution in [0.1, 0.15) is 44.2 Å². The Balaban J connectivity index is 1.99. The molecule has 1 atom stereocenters. The molecule has 3 N–H and O–H groups in total. The van der Waals surface area contributed by atoms with E-state index in [0.29, 0.717) is 18.4 Å². The van der Waals surface area contributed by atoms with Gasteiger partial charge in [0.15, 0.2) is 0 Å². The number of benzene rings is 1. The highest BCUT2D eigenvalue weighted by molar-refractivity contribution is 5.86. The van der Waals surface area contributed by atoms with Crippen LogP contribution in [-0.4, -0.2) is 22.6 Å². The lowest BCUT2D eigenvalue weighted by Crippen LogP contribution is -2.55. The molecule has 1 aromatic carbocycles. The van der Waals surface area contributed by atoms with Gasteiger partial charge >= 0.3 is 12.0 Å². The second kappa shape index (κ2) is 6.11. The zero-order valence-electron chi connectivity index (χ0n) is 11.9. The van der Waals surface area contributed by atoms with Crippen LogP contribution < -0.4 is 10.6 Å². The molecule has 0 aliphatic heterocycles. The Labute approximate surface area is 122 Å². The van der Waals surface area contributed by atoms with Crippen LogP contribution in [0.4, 0.5) is 9.18 Å². The summed E-state index contributed by atoms with van der Waals surface area (Å²) in [5.74, 6) is -1.38. The van der Waals surface area contributed by atoms with Crippen molar-refractivity contribution in [1.29, 1.82) is 0 Å². The molecule has 0 bridgehead atoms. The summed E-state index contributed by atoms with van der Waals surface area (Å²) >= 11 is 0. The summed E-state index contributed by atoms with van der Waals surface area (Å²) in [6.07, 6.45) is 2.44. The van der Waals surface area contributed by atoms with E-state index in [0.717, 1.165) is 12.8 Å². The van der Waals surface area contributed by atoms with E-state index in [1.165, 1.54) is 12.1 Å². The van der Waals surface area contributed by atoms with Crippen molar-refractivity contribution in [2.45, 2.75) is 44.2 Å². The van der Waals surface area contributed by atoms with E-state index in [2.05, 4.69) is 10.6 Å². The zero-order chi connectivity index (χ0) is 15.5. The Hall–Kier alpha value is -2.11. The van der Waals surface area contributed by atoms with Crippen LogP contribution in [0, 0.1) is 5.82 Å². The van der Waals surface area contributed by atoms with Gasteiger partial charge in [0.2, 0.25) is 0 Å². The maximum atomic E-state index is 13.2. The van der Waals surface area contributed by atoms with Crippen molar-refractivity contribution in [3.05, 3.63) is 35.6 Å². The summed E-state index contributed by atoms with van der Waals surface area (Å²) in [6.45, 7) is 1.72. The Morgan fingerprint density at radius 1 is 1.33 bits per heavy atom. The van der Waals surface area contributed by atoms with Crippen LogP contribution in [0.2, 0.25) is 0 Å². The first-order chi connectivity index (χ1) is 9.93. The predicted octanol–water partition coefficient (Wildman–Crippen LogP) is 2.58. The van der Waals surface area contributed by atoms with Crippen molar-refractivity contribution >= 4 is 12.0 Å². The number of amides is 2. The van der Waals surface area contributed by atoms with Crippen molar-refractivity contribution in [2.75, 3.05) is 0 Å². The van der Waals surface area contributed by atoms with Crippen molar-refractivity contribution < 1.29 is 19.1 Å². The first-order valence-electron chi connectivity index (χ1n) is 7.00. The minimum Gasteiger partial charge on any atom is -0.480 e. The van der Waals surface area contributed by atoms with Crippen LogP contribution in [0.25, 0.3) is 0 Å². The Morgan fingerprint density at radius 2 is 2.00 bits per heavy atom. The number of urea groups is 1. The topological polar surface area (TPSA) is 78.4 Å². The van der Waals surface area contributed by atoms with Crippen LogP contribution in [0.3, 0.4) is 0 Å². The van der Waals surface area contributed by atoms with Crippen molar-refractivity contribution in [3.63, 3.8) is 0 Å². The fraction of sp³-hybridized carbons (Fsp3) is 0.467. The lowest BCUT2D eigenvalue weighted by molar-refractivity contribution is -0.144. The largest absolute Gasteiger partial charge is 0.480 e. The van der Waals surface area contributed by atoms with E-state index in [4.69, 9.17) is 0 Å². The molecule has 6 heteroatoms. The van der Waals surface area contributed by atoms with Crippen LogP contribution in [0.15, 0.2) is 24.3 Å². The summed E-state index contributed by atoms with van der Waals surface area (Å²) in [5.41, 5.74) is -0.549. The first kappa shape index (κ1) is 15.3. The van der Waals surface area contributed by atoms with Gasteiger partial charge in [0.05, 0.1) is 6.04 Å². The normalized spacial score (nSPS) is 18.0. The third-order valence-corrected chi connectivity index (χ3v) is 3.92. The highest BCUT2D eigenvalue weighted by Crippen LogP contribution is 2.29. The van der Waals surface area contributed by atoms with Crippen molar-refractivity contribution in [2.24, 2.45) is 0 Å². The molecule has 0 spiro atoms. The molecule has 0 heterocycles. The Bertz CT molecular complexity index is 541. The molecule has 5 nitrogen and oxygen atoms in total. The highest BCUT2D eigenvalue weighted by atomic mass is 19.1. The Kier molecular flexibility index (Phi) is 4.45. The predicted molar refractivity (Wildman–Crippen MR) is 75.3 cm³/mol. The molecule has 114 valence electrons. The summed E-state index contributed by atoms with van der Waals surface area (Å²) in [6, 6.07) is 4.98. The SMILES string of the molecule is CC(NC(=O)NC1(C(=O)O)CCCC1)c1cccc(F)c1. The maximum absolute atomic E-state index is 13.2. The number of carboxylic acids is 1. The van der Waals surface area contributed by atoms with Gasteiger partial charge in [0.25, 0.3) is 0 Å². The quantitative estimate of drug-likeness (QED) is 0.798. The van der Waals surface area contributed by atoms with Gasteiger partial charge in [-0.3, -0.25) is 0 Å². The summed E-state index contributed by atoms with van der Waals surface area (Å²) in [5, 5.41) is 14.5. The lowest BCUT2D eigenvalue weighted by atomic mass is 9.98. The lowest BCUT2D eigenvalue weighted by Gasteiger charge is -2.26. The number of carboxylic acid groups (broad SMARTS) is 1. The number of hydrogen-bond acceptors (Lipinski definition) is 2. The molecule has 1 aromatic rings. The molecule has 1 unspecified atom stereocenters. The minimum absolute atomic E-state index is 0.376. The fourth-order valence-corrected chi connectivity index (χ4v) is 2.68. The summed E-state index contributed by atoms with van der Waals surface area (Å²) < 4.78 is 13.2. The first-order valence-corrected chi connectivity index (χ1v) is 7.00. The van der Waals surface area contributed by atoms with Crippen LogP contribution in [0.5, 0.6) is 0 Å². The summed E-state index contributed by atoms with van der Waals surface area (Å²) in [4.78, 5) is 23.4. The molecular formula is C15H19FN2O3. The average Bonchev–Trinajstić information content (AvgIpc) is 2.88. The maximum Gasteiger partial charge on any atom is 0.329 e. The van der Waals surface area contributed by atoms with E-state index >= 15 is 0 Å². The van der Waals surface area contributed by atoms with Gasteiger partial charge in [-0.1, -0.05) is 25.0 Å². The number of carbonyl (C=O) groups is 2.